The van der Waals surface area contributed by atoms with Crippen molar-refractivity contribution in [2.75, 3.05) is 39.3 Å². The van der Waals surface area contributed by atoms with Gasteiger partial charge in [-0.05, 0) is 83.0 Å². The average Bonchev–Trinajstić information content (AvgIpc) is 2.88. The molecule has 2 amide bonds. The summed E-state index contributed by atoms with van der Waals surface area (Å²) in [4.78, 5) is 30.9. The molecule has 2 fully saturated rings. The van der Waals surface area contributed by atoms with Gasteiger partial charge in [0, 0.05) is 31.6 Å². The molecule has 3 heterocycles. The van der Waals surface area contributed by atoms with Gasteiger partial charge in [-0.15, -0.1) is 0 Å². The fourth-order valence-corrected chi connectivity index (χ4v) is 5.92. The zero-order valence-corrected chi connectivity index (χ0v) is 21.2. The van der Waals surface area contributed by atoms with Crippen LogP contribution in [0.2, 0.25) is 0 Å². The molecule has 0 aromatic heterocycles. The first-order valence-corrected chi connectivity index (χ1v) is 13.5. The lowest BCUT2D eigenvalue weighted by atomic mass is 9.74. The first-order valence-electron chi connectivity index (χ1n) is 13.5. The Hall–Kier alpha value is -2.08. The minimum atomic E-state index is -0.0513. The summed E-state index contributed by atoms with van der Waals surface area (Å²) in [7, 11) is 0. The number of fused-ring (bicyclic) bond motifs is 1. The van der Waals surface area contributed by atoms with Gasteiger partial charge in [0.15, 0.2) is 0 Å². The molecule has 1 spiro atoms. The number of hydrogen-bond donors (Lipinski definition) is 1. The second-order valence-electron chi connectivity index (χ2n) is 10.9. The minimum Gasteiger partial charge on any atom is -0.493 e. The number of rotatable bonds is 2. The van der Waals surface area contributed by atoms with Crippen molar-refractivity contribution in [3.63, 3.8) is 0 Å². The smallest absolute Gasteiger partial charge is 0.255 e. The number of nitrogens with zero attached hydrogens (tertiary/aromatic N) is 2. The van der Waals surface area contributed by atoms with Crippen LogP contribution in [-0.4, -0.2) is 67.0 Å². The van der Waals surface area contributed by atoms with Crippen LogP contribution in [0.25, 0.3) is 0 Å². The van der Waals surface area contributed by atoms with E-state index in [1.54, 1.807) is 0 Å². The lowest BCUT2D eigenvalue weighted by Gasteiger charge is -2.44. The molecule has 1 N–H and O–H groups in total. The third-order valence-corrected chi connectivity index (χ3v) is 8.36. The summed E-state index contributed by atoms with van der Waals surface area (Å²) in [6.45, 7) is 9.50. The largest absolute Gasteiger partial charge is 0.493 e. The third kappa shape index (κ3) is 6.12. The summed E-state index contributed by atoms with van der Waals surface area (Å²) in [6.07, 6.45) is 9.56. The van der Waals surface area contributed by atoms with Crippen molar-refractivity contribution in [2.24, 2.45) is 11.3 Å². The molecule has 0 atom stereocenters. The van der Waals surface area contributed by atoms with Crippen molar-refractivity contribution in [3.05, 3.63) is 29.8 Å². The molecule has 1 aromatic rings. The van der Waals surface area contributed by atoms with Gasteiger partial charge in [-0.1, -0.05) is 31.4 Å². The number of carbonyl (C=O) groups excluding carboxylic acids is 2. The highest BCUT2D eigenvalue weighted by atomic mass is 16.5. The molecule has 0 unspecified atom stereocenters. The number of hydrogen-bond acceptors (Lipinski definition) is 4. The molecule has 0 aliphatic carbocycles. The Morgan fingerprint density at radius 1 is 1.00 bits per heavy atom. The van der Waals surface area contributed by atoms with Gasteiger partial charge in [0.2, 0.25) is 5.91 Å². The van der Waals surface area contributed by atoms with Crippen LogP contribution in [-0.2, 0) is 4.79 Å². The van der Waals surface area contributed by atoms with Crippen LogP contribution >= 0.6 is 0 Å². The minimum absolute atomic E-state index is 0.0513. The monoisotopic (exact) mass is 469 g/mol. The molecular formula is C28H43N3O3. The van der Waals surface area contributed by atoms with Crippen molar-refractivity contribution in [1.82, 2.24) is 15.1 Å². The van der Waals surface area contributed by atoms with E-state index >= 15 is 0 Å². The number of ether oxygens (including phenoxy) is 1. The summed E-state index contributed by atoms with van der Waals surface area (Å²) in [5, 5.41) is 3.23. The van der Waals surface area contributed by atoms with Crippen LogP contribution in [0.4, 0.5) is 0 Å². The third-order valence-electron chi connectivity index (χ3n) is 8.36. The fraction of sp³-hybridized carbons (Fsp3) is 0.714. The number of likely N-dealkylation sites (tertiary alicyclic amines) is 2. The van der Waals surface area contributed by atoms with E-state index in [0.29, 0.717) is 36.4 Å². The normalized spacial score (nSPS) is 23.3. The van der Waals surface area contributed by atoms with Crippen molar-refractivity contribution < 1.29 is 14.3 Å². The number of benzene rings is 1. The fourth-order valence-electron chi connectivity index (χ4n) is 5.92. The Balaban J connectivity index is 1.37. The molecule has 6 heteroatoms. The molecule has 3 aliphatic heterocycles. The second-order valence-corrected chi connectivity index (χ2v) is 10.9. The molecule has 188 valence electrons. The van der Waals surface area contributed by atoms with E-state index in [0.717, 1.165) is 71.1 Å². The Morgan fingerprint density at radius 2 is 1.71 bits per heavy atom. The van der Waals surface area contributed by atoms with Crippen molar-refractivity contribution >= 4 is 11.8 Å². The molecule has 3 aliphatic rings. The molecule has 0 saturated carbocycles. The summed E-state index contributed by atoms with van der Waals surface area (Å²) >= 11 is 0. The molecule has 0 bridgehead atoms. The topological polar surface area (TPSA) is 61.9 Å². The van der Waals surface area contributed by atoms with E-state index in [9.17, 15) is 9.59 Å². The van der Waals surface area contributed by atoms with Crippen molar-refractivity contribution in [3.8, 4) is 5.75 Å². The van der Waals surface area contributed by atoms with Crippen LogP contribution in [0.5, 0.6) is 5.75 Å². The van der Waals surface area contributed by atoms with E-state index in [2.05, 4.69) is 29.0 Å². The predicted octanol–water partition coefficient (Wildman–Crippen LogP) is 4.49. The van der Waals surface area contributed by atoms with Crippen LogP contribution in [0.15, 0.2) is 24.3 Å². The van der Waals surface area contributed by atoms with E-state index in [1.165, 1.54) is 12.8 Å². The van der Waals surface area contributed by atoms with Crippen LogP contribution < -0.4 is 10.1 Å². The van der Waals surface area contributed by atoms with Gasteiger partial charge in [-0.3, -0.25) is 9.59 Å². The number of para-hydroxylation sites is 1. The van der Waals surface area contributed by atoms with Crippen LogP contribution in [0.1, 0.15) is 82.0 Å². The van der Waals surface area contributed by atoms with Gasteiger partial charge in [-0.2, -0.15) is 0 Å². The highest BCUT2D eigenvalue weighted by Crippen LogP contribution is 2.37. The standard InChI is InChI=1S/C28H43N3O3/c1-22(2)30-16-11-23(12-17-30)27(33)31-18-14-28(15-19-31)13-7-3-4-8-20-34-25-10-6-5-9-24(25)26(32)29-21-28/h5-6,9-10,22-23H,3-4,7-8,11-21H2,1-2H3,(H,29,32). The number of carbonyl (C=O) groups is 2. The van der Waals surface area contributed by atoms with Gasteiger partial charge in [0.05, 0.1) is 12.2 Å². The first kappa shape index (κ1) is 25.0. The maximum atomic E-state index is 13.3. The van der Waals surface area contributed by atoms with Gasteiger partial charge in [-0.25, -0.2) is 0 Å². The Labute approximate surface area is 205 Å². The maximum Gasteiger partial charge on any atom is 0.255 e. The van der Waals surface area contributed by atoms with Crippen LogP contribution in [0, 0.1) is 11.3 Å². The SMILES string of the molecule is CC(C)N1CCC(C(=O)N2CCC3(CCCCCCOc4ccccc4C(=O)NC3)CC2)CC1. The first-order chi connectivity index (χ1) is 16.5. The summed E-state index contributed by atoms with van der Waals surface area (Å²) in [5.41, 5.74) is 0.703. The summed E-state index contributed by atoms with van der Waals surface area (Å²) in [5.74, 6) is 1.17. The Morgan fingerprint density at radius 3 is 2.44 bits per heavy atom. The zero-order valence-electron chi connectivity index (χ0n) is 21.2. The van der Waals surface area contributed by atoms with E-state index < -0.39 is 0 Å². The lowest BCUT2D eigenvalue weighted by Crippen LogP contribution is -2.50. The van der Waals surface area contributed by atoms with E-state index in [-0.39, 0.29) is 17.2 Å². The van der Waals surface area contributed by atoms with Gasteiger partial charge < -0.3 is 19.9 Å². The maximum absolute atomic E-state index is 13.3. The lowest BCUT2D eigenvalue weighted by molar-refractivity contribution is -0.139. The Bertz CT molecular complexity index is 824. The molecular weight excluding hydrogens is 426 g/mol. The Kier molecular flexibility index (Phi) is 8.51. The van der Waals surface area contributed by atoms with E-state index in [1.807, 2.05) is 24.3 Å². The zero-order chi connectivity index (χ0) is 24.0. The summed E-state index contributed by atoms with van der Waals surface area (Å²) < 4.78 is 5.92. The summed E-state index contributed by atoms with van der Waals surface area (Å²) in [6, 6.07) is 8.12. The van der Waals surface area contributed by atoms with E-state index in [4.69, 9.17) is 4.74 Å². The predicted molar refractivity (Wildman–Crippen MR) is 135 cm³/mol. The highest BCUT2D eigenvalue weighted by molar-refractivity contribution is 5.96. The molecule has 2 saturated heterocycles. The number of amides is 2. The molecule has 1 aromatic carbocycles. The molecule has 0 radical (unpaired) electrons. The molecule has 6 nitrogen and oxygen atoms in total. The quantitative estimate of drug-likeness (QED) is 0.693. The van der Waals surface area contributed by atoms with Gasteiger partial charge in [0.1, 0.15) is 5.75 Å². The van der Waals surface area contributed by atoms with Crippen molar-refractivity contribution in [2.45, 2.75) is 77.7 Å². The highest BCUT2D eigenvalue weighted by Gasteiger charge is 2.38. The number of piperidine rings is 2. The van der Waals surface area contributed by atoms with Crippen LogP contribution in [0.3, 0.4) is 0 Å². The average molecular weight is 470 g/mol. The van der Waals surface area contributed by atoms with Gasteiger partial charge in [0.25, 0.3) is 5.91 Å². The van der Waals surface area contributed by atoms with Gasteiger partial charge >= 0.3 is 0 Å². The molecule has 4 rings (SSSR count). The molecule has 34 heavy (non-hydrogen) atoms. The second kappa shape index (κ2) is 11.6. The number of nitrogens with one attached hydrogen (secondary N) is 1. The van der Waals surface area contributed by atoms with Crippen molar-refractivity contribution in [1.29, 1.82) is 0 Å².